The van der Waals surface area contributed by atoms with E-state index in [2.05, 4.69) is 10.3 Å². The van der Waals surface area contributed by atoms with Crippen molar-refractivity contribution in [2.75, 3.05) is 6.54 Å². The Morgan fingerprint density at radius 3 is 2.55 bits per heavy atom. The Hall–Kier alpha value is -1.88. The molecule has 0 saturated heterocycles. The number of benzene rings is 1. The van der Waals surface area contributed by atoms with Crippen LogP contribution in [0.1, 0.15) is 28.3 Å². The molecule has 1 N–H and O–H groups in total. The normalized spacial score (nSPS) is 18.6. The van der Waals surface area contributed by atoms with Crippen LogP contribution in [0.5, 0.6) is 0 Å². The maximum absolute atomic E-state index is 12.6. The van der Waals surface area contributed by atoms with Crippen LogP contribution in [0, 0.1) is 0 Å². The summed E-state index contributed by atoms with van der Waals surface area (Å²) in [6.45, 7) is 0.808. The Bertz CT molecular complexity index is 605. The van der Waals surface area contributed by atoms with Crippen LogP contribution in [0.25, 0.3) is 0 Å². The van der Waals surface area contributed by atoms with Gasteiger partial charge in [0.05, 0.1) is 11.6 Å². The smallest absolute Gasteiger partial charge is 0.306 e. The highest BCUT2D eigenvalue weighted by Crippen LogP contribution is 2.32. The molecule has 2 heterocycles. The predicted octanol–water partition coefficient (Wildman–Crippen LogP) is 3.34. The first-order chi connectivity index (χ1) is 9.55. The zero-order valence-corrected chi connectivity index (χ0v) is 10.6. The van der Waals surface area contributed by atoms with Crippen LogP contribution in [0.3, 0.4) is 0 Å². The monoisotopic (exact) mass is 278 g/mol. The number of alkyl halides is 3. The molecule has 2 nitrogen and oxygen atoms in total. The number of pyridine rings is 1. The van der Waals surface area contributed by atoms with Gasteiger partial charge in [0.15, 0.2) is 0 Å². The van der Waals surface area contributed by atoms with Crippen LogP contribution < -0.4 is 5.32 Å². The van der Waals surface area contributed by atoms with Crippen molar-refractivity contribution >= 4 is 0 Å². The highest BCUT2D eigenvalue weighted by Gasteiger charge is 2.30. The lowest BCUT2D eigenvalue weighted by Gasteiger charge is -2.27. The highest BCUT2D eigenvalue weighted by atomic mass is 19.4. The molecule has 0 radical (unpaired) electrons. The summed E-state index contributed by atoms with van der Waals surface area (Å²) in [5.41, 5.74) is 2.44. The van der Waals surface area contributed by atoms with Crippen molar-refractivity contribution in [2.24, 2.45) is 0 Å². The summed E-state index contributed by atoms with van der Waals surface area (Å²) in [5.74, 6) is 0. The van der Waals surface area contributed by atoms with E-state index in [0.29, 0.717) is 0 Å². The zero-order chi connectivity index (χ0) is 14.2. The standard InChI is InChI=1S/C15H13F3N2/c16-15(17,18)12-3-1-11(2-4-12)14-13-9-19-7-5-10(13)6-8-20-14/h1-5,7,9,14,20H,6,8H2. The average molecular weight is 278 g/mol. The Morgan fingerprint density at radius 2 is 1.85 bits per heavy atom. The third-order valence-electron chi connectivity index (χ3n) is 3.57. The highest BCUT2D eigenvalue weighted by molar-refractivity contribution is 5.38. The lowest BCUT2D eigenvalue weighted by Crippen LogP contribution is -2.30. The Kier molecular flexibility index (Phi) is 3.22. The number of hydrogen-bond acceptors (Lipinski definition) is 2. The summed E-state index contributed by atoms with van der Waals surface area (Å²) in [7, 11) is 0. The maximum atomic E-state index is 12.6. The van der Waals surface area contributed by atoms with Crippen molar-refractivity contribution in [3.05, 3.63) is 65.0 Å². The third-order valence-corrected chi connectivity index (χ3v) is 3.57. The fourth-order valence-electron chi connectivity index (χ4n) is 2.55. The molecule has 1 atom stereocenters. The second-order valence-electron chi connectivity index (χ2n) is 4.83. The molecule has 20 heavy (non-hydrogen) atoms. The lowest BCUT2D eigenvalue weighted by atomic mass is 9.91. The second kappa shape index (κ2) is 4.90. The summed E-state index contributed by atoms with van der Waals surface area (Å²) in [6.07, 6.45) is 0.144. The number of halogens is 3. The van der Waals surface area contributed by atoms with Gasteiger partial charge in [-0.1, -0.05) is 12.1 Å². The molecule has 2 aromatic rings. The van der Waals surface area contributed by atoms with E-state index in [1.807, 2.05) is 6.07 Å². The van der Waals surface area contributed by atoms with Crippen LogP contribution in [0.2, 0.25) is 0 Å². The molecule has 1 unspecified atom stereocenters. The molecule has 0 amide bonds. The first kappa shape index (κ1) is 13.1. The van der Waals surface area contributed by atoms with Gasteiger partial charge in [-0.15, -0.1) is 0 Å². The second-order valence-corrected chi connectivity index (χ2v) is 4.83. The Morgan fingerprint density at radius 1 is 1.10 bits per heavy atom. The van der Waals surface area contributed by atoms with E-state index in [-0.39, 0.29) is 6.04 Å². The molecule has 5 heteroatoms. The molecule has 1 aliphatic rings. The van der Waals surface area contributed by atoms with Crippen LogP contribution >= 0.6 is 0 Å². The minimum atomic E-state index is -4.29. The van der Waals surface area contributed by atoms with Gasteiger partial charge in [0.25, 0.3) is 0 Å². The van der Waals surface area contributed by atoms with Gasteiger partial charge in [0.2, 0.25) is 0 Å². The van der Waals surface area contributed by atoms with E-state index in [1.54, 1.807) is 12.4 Å². The summed E-state index contributed by atoms with van der Waals surface area (Å²) in [4.78, 5) is 4.11. The zero-order valence-electron chi connectivity index (χ0n) is 10.6. The van der Waals surface area contributed by atoms with Gasteiger partial charge in [-0.3, -0.25) is 4.98 Å². The van der Waals surface area contributed by atoms with Gasteiger partial charge in [0, 0.05) is 18.9 Å². The van der Waals surface area contributed by atoms with Crippen LogP contribution in [0.15, 0.2) is 42.7 Å². The summed E-state index contributed by atoms with van der Waals surface area (Å²) in [6, 6.07) is 7.19. The molecule has 1 aliphatic heterocycles. The number of nitrogens with zero attached hydrogens (tertiary/aromatic N) is 1. The van der Waals surface area contributed by atoms with Gasteiger partial charge in [-0.25, -0.2) is 0 Å². The minimum absolute atomic E-state index is 0.0882. The molecular formula is C15H13F3N2. The summed E-state index contributed by atoms with van der Waals surface area (Å²) in [5, 5.41) is 3.33. The number of nitrogens with one attached hydrogen (secondary N) is 1. The van der Waals surface area contributed by atoms with Gasteiger partial charge >= 0.3 is 6.18 Å². The fraction of sp³-hybridized carbons (Fsp3) is 0.267. The largest absolute Gasteiger partial charge is 0.416 e. The fourth-order valence-corrected chi connectivity index (χ4v) is 2.55. The van der Waals surface area contributed by atoms with Crippen molar-refractivity contribution in [3.8, 4) is 0 Å². The van der Waals surface area contributed by atoms with E-state index in [4.69, 9.17) is 0 Å². The molecule has 0 spiro atoms. The molecule has 3 rings (SSSR count). The van der Waals surface area contributed by atoms with E-state index in [0.717, 1.165) is 36.2 Å². The van der Waals surface area contributed by atoms with E-state index < -0.39 is 11.7 Å². The molecule has 0 aliphatic carbocycles. The maximum Gasteiger partial charge on any atom is 0.416 e. The van der Waals surface area contributed by atoms with Gasteiger partial charge < -0.3 is 5.32 Å². The molecule has 0 fully saturated rings. The molecule has 0 saturated carbocycles. The SMILES string of the molecule is FC(F)(F)c1ccc(C2NCCc3ccncc32)cc1. The molecule has 104 valence electrons. The van der Waals surface area contributed by atoms with Crippen molar-refractivity contribution in [1.29, 1.82) is 0 Å². The van der Waals surface area contributed by atoms with Crippen LogP contribution in [-0.4, -0.2) is 11.5 Å². The minimum Gasteiger partial charge on any atom is -0.306 e. The number of rotatable bonds is 1. The van der Waals surface area contributed by atoms with E-state index in [9.17, 15) is 13.2 Å². The molecule has 0 bridgehead atoms. The topological polar surface area (TPSA) is 24.9 Å². The van der Waals surface area contributed by atoms with Gasteiger partial charge in [0.1, 0.15) is 0 Å². The van der Waals surface area contributed by atoms with Crippen molar-refractivity contribution in [3.63, 3.8) is 0 Å². The average Bonchev–Trinajstić information content (AvgIpc) is 2.46. The lowest BCUT2D eigenvalue weighted by molar-refractivity contribution is -0.137. The van der Waals surface area contributed by atoms with Crippen molar-refractivity contribution in [1.82, 2.24) is 10.3 Å². The van der Waals surface area contributed by atoms with Crippen LogP contribution in [-0.2, 0) is 12.6 Å². The molecule has 1 aromatic carbocycles. The Balaban J connectivity index is 1.95. The van der Waals surface area contributed by atoms with Gasteiger partial charge in [-0.2, -0.15) is 13.2 Å². The third kappa shape index (κ3) is 2.41. The number of aromatic nitrogens is 1. The number of fused-ring (bicyclic) bond motifs is 1. The predicted molar refractivity (Wildman–Crippen MR) is 69.2 cm³/mol. The molecule has 1 aromatic heterocycles. The summed E-state index contributed by atoms with van der Waals surface area (Å²) >= 11 is 0. The molecular weight excluding hydrogens is 265 g/mol. The van der Waals surface area contributed by atoms with E-state index in [1.165, 1.54) is 17.7 Å². The van der Waals surface area contributed by atoms with E-state index >= 15 is 0 Å². The van der Waals surface area contributed by atoms with Crippen molar-refractivity contribution < 1.29 is 13.2 Å². The quantitative estimate of drug-likeness (QED) is 0.865. The summed E-state index contributed by atoms with van der Waals surface area (Å²) < 4.78 is 37.7. The van der Waals surface area contributed by atoms with Crippen molar-refractivity contribution in [2.45, 2.75) is 18.6 Å². The van der Waals surface area contributed by atoms with Gasteiger partial charge in [-0.05, 0) is 41.3 Å². The first-order valence-electron chi connectivity index (χ1n) is 6.39. The van der Waals surface area contributed by atoms with Crippen LogP contribution in [0.4, 0.5) is 13.2 Å². The Labute approximate surface area is 114 Å². The number of hydrogen-bond donors (Lipinski definition) is 1. The first-order valence-corrected chi connectivity index (χ1v) is 6.39.